The van der Waals surface area contributed by atoms with E-state index in [1.54, 1.807) is 0 Å². The molecule has 0 aliphatic rings. The van der Waals surface area contributed by atoms with Crippen molar-refractivity contribution in [1.29, 1.82) is 0 Å². The molecule has 6 nitrogen and oxygen atoms in total. The van der Waals surface area contributed by atoms with Gasteiger partial charge < -0.3 is 5.11 Å². The molecule has 2 heterocycles. The molecule has 3 aromatic rings. The van der Waals surface area contributed by atoms with Crippen LogP contribution in [0.25, 0.3) is 17.0 Å². The number of hydrogen-bond acceptors (Lipinski definition) is 4. The van der Waals surface area contributed by atoms with Crippen LogP contribution in [0.1, 0.15) is 10.6 Å². The number of hydrogen-bond donors (Lipinski definition) is 1. The van der Waals surface area contributed by atoms with E-state index in [1.165, 1.54) is 22.8 Å². The van der Waals surface area contributed by atoms with E-state index in [0.717, 1.165) is 6.07 Å². The van der Waals surface area contributed by atoms with Gasteiger partial charge in [-0.2, -0.15) is 9.50 Å². The summed E-state index contributed by atoms with van der Waals surface area (Å²) >= 11 is 11.7. The highest BCUT2D eigenvalue weighted by molar-refractivity contribution is 6.36. The normalized spacial score (nSPS) is 11.0. The number of aromatic carboxylic acids is 1. The Bertz CT molecular complexity index is 881. The van der Waals surface area contributed by atoms with Gasteiger partial charge in [0, 0.05) is 11.8 Å². The SMILES string of the molecule is O=C(O)c1nc2nccc(-c3cc(F)c(Cl)cc3Cl)n2n1. The van der Waals surface area contributed by atoms with Gasteiger partial charge in [-0.1, -0.05) is 23.2 Å². The van der Waals surface area contributed by atoms with Crippen LogP contribution in [0.3, 0.4) is 0 Å². The van der Waals surface area contributed by atoms with Crippen LogP contribution in [0.4, 0.5) is 4.39 Å². The van der Waals surface area contributed by atoms with Crippen LogP contribution in [0.2, 0.25) is 10.0 Å². The van der Waals surface area contributed by atoms with E-state index in [2.05, 4.69) is 15.1 Å². The van der Waals surface area contributed by atoms with Crippen molar-refractivity contribution >= 4 is 34.9 Å². The number of halogens is 3. The molecular weight excluding hydrogens is 322 g/mol. The zero-order valence-corrected chi connectivity index (χ0v) is 11.6. The molecule has 0 aliphatic carbocycles. The van der Waals surface area contributed by atoms with E-state index >= 15 is 0 Å². The first-order chi connectivity index (χ1) is 9.97. The zero-order valence-electron chi connectivity index (χ0n) is 10.1. The lowest BCUT2D eigenvalue weighted by Gasteiger charge is -2.07. The van der Waals surface area contributed by atoms with Gasteiger partial charge in [0.2, 0.25) is 0 Å². The third-order valence-corrected chi connectivity index (χ3v) is 3.32. The number of carbonyl (C=O) groups is 1. The monoisotopic (exact) mass is 326 g/mol. The molecule has 1 aromatic carbocycles. The second-order valence-electron chi connectivity index (χ2n) is 4.03. The number of rotatable bonds is 2. The Morgan fingerprint density at radius 3 is 2.76 bits per heavy atom. The predicted octanol–water partition coefficient (Wildman–Crippen LogP) is 2.94. The topological polar surface area (TPSA) is 80.4 Å². The van der Waals surface area contributed by atoms with Crippen LogP contribution in [-0.4, -0.2) is 30.7 Å². The molecule has 0 aliphatic heterocycles. The molecule has 0 bridgehead atoms. The van der Waals surface area contributed by atoms with Gasteiger partial charge >= 0.3 is 5.97 Å². The zero-order chi connectivity index (χ0) is 15.1. The first-order valence-corrected chi connectivity index (χ1v) is 6.33. The summed E-state index contributed by atoms with van der Waals surface area (Å²) in [5.41, 5.74) is 0.647. The van der Waals surface area contributed by atoms with Crippen molar-refractivity contribution in [2.75, 3.05) is 0 Å². The molecule has 3 rings (SSSR count). The maximum Gasteiger partial charge on any atom is 0.375 e. The Morgan fingerprint density at radius 1 is 1.29 bits per heavy atom. The summed E-state index contributed by atoms with van der Waals surface area (Å²) in [7, 11) is 0. The van der Waals surface area contributed by atoms with E-state index in [4.69, 9.17) is 28.3 Å². The summed E-state index contributed by atoms with van der Waals surface area (Å²) in [4.78, 5) is 18.6. The van der Waals surface area contributed by atoms with Crippen molar-refractivity contribution in [1.82, 2.24) is 19.6 Å². The Labute approximate surface area is 126 Å². The molecule has 0 spiro atoms. The molecule has 0 saturated heterocycles. The van der Waals surface area contributed by atoms with Crippen LogP contribution < -0.4 is 0 Å². The Morgan fingerprint density at radius 2 is 2.05 bits per heavy atom. The van der Waals surface area contributed by atoms with Crippen molar-refractivity contribution < 1.29 is 14.3 Å². The minimum Gasteiger partial charge on any atom is -0.475 e. The third-order valence-electron chi connectivity index (χ3n) is 2.72. The standard InChI is InChI=1S/C12H5Cl2FN4O2/c13-6-4-7(14)8(15)3-5(6)9-1-2-16-12-17-10(11(20)21)18-19(9)12/h1-4H,(H,20,21). The molecule has 106 valence electrons. The highest BCUT2D eigenvalue weighted by Crippen LogP contribution is 2.31. The van der Waals surface area contributed by atoms with Gasteiger partial charge in [-0.05, 0) is 18.2 Å². The summed E-state index contributed by atoms with van der Waals surface area (Å²) < 4.78 is 14.8. The molecule has 0 saturated carbocycles. The smallest absolute Gasteiger partial charge is 0.375 e. The van der Waals surface area contributed by atoms with E-state index in [0.29, 0.717) is 11.3 Å². The predicted molar refractivity (Wildman–Crippen MR) is 73.2 cm³/mol. The van der Waals surface area contributed by atoms with Crippen LogP contribution >= 0.6 is 23.2 Å². The van der Waals surface area contributed by atoms with Crippen LogP contribution in [0.15, 0.2) is 24.4 Å². The van der Waals surface area contributed by atoms with Gasteiger partial charge in [-0.15, -0.1) is 5.10 Å². The fourth-order valence-corrected chi connectivity index (χ4v) is 2.29. The Hall–Kier alpha value is -2.25. The summed E-state index contributed by atoms with van der Waals surface area (Å²) in [6.45, 7) is 0. The molecule has 0 unspecified atom stereocenters. The maximum absolute atomic E-state index is 13.6. The van der Waals surface area contributed by atoms with Gasteiger partial charge in [0.25, 0.3) is 11.6 Å². The van der Waals surface area contributed by atoms with Crippen molar-refractivity contribution in [3.05, 3.63) is 46.1 Å². The summed E-state index contributed by atoms with van der Waals surface area (Å²) in [5.74, 6) is -2.30. The Balaban J connectivity index is 2.30. The van der Waals surface area contributed by atoms with Gasteiger partial charge in [0.15, 0.2) is 0 Å². The number of nitrogens with zero attached hydrogens (tertiary/aromatic N) is 4. The average Bonchev–Trinajstić information content (AvgIpc) is 2.87. The van der Waals surface area contributed by atoms with Crippen molar-refractivity contribution in [3.8, 4) is 11.3 Å². The fourth-order valence-electron chi connectivity index (χ4n) is 1.81. The molecule has 9 heteroatoms. The number of carboxylic acid groups (broad SMARTS) is 1. The maximum atomic E-state index is 13.6. The van der Waals surface area contributed by atoms with Gasteiger partial charge in [0.05, 0.1) is 15.7 Å². The average molecular weight is 327 g/mol. The number of carboxylic acids is 1. The number of benzene rings is 1. The number of aromatic nitrogens is 4. The summed E-state index contributed by atoms with van der Waals surface area (Å²) in [5, 5.41) is 12.8. The minimum atomic E-state index is -1.29. The van der Waals surface area contributed by atoms with Crippen LogP contribution in [0.5, 0.6) is 0 Å². The lowest BCUT2D eigenvalue weighted by Crippen LogP contribution is -2.00. The van der Waals surface area contributed by atoms with Gasteiger partial charge in [-0.25, -0.2) is 14.2 Å². The quantitative estimate of drug-likeness (QED) is 0.732. The van der Waals surface area contributed by atoms with Crippen LogP contribution in [0, 0.1) is 5.82 Å². The lowest BCUT2D eigenvalue weighted by atomic mass is 10.1. The summed E-state index contributed by atoms with van der Waals surface area (Å²) in [6.07, 6.45) is 1.40. The second kappa shape index (κ2) is 4.94. The summed E-state index contributed by atoms with van der Waals surface area (Å²) in [6, 6.07) is 3.92. The first-order valence-electron chi connectivity index (χ1n) is 5.57. The van der Waals surface area contributed by atoms with Crippen LogP contribution in [-0.2, 0) is 0 Å². The van der Waals surface area contributed by atoms with Crippen molar-refractivity contribution in [2.45, 2.75) is 0 Å². The molecular formula is C12H5Cl2FN4O2. The van der Waals surface area contributed by atoms with Crippen molar-refractivity contribution in [3.63, 3.8) is 0 Å². The van der Waals surface area contributed by atoms with Gasteiger partial charge in [0.1, 0.15) is 5.82 Å². The van der Waals surface area contributed by atoms with E-state index in [1.807, 2.05) is 0 Å². The highest BCUT2D eigenvalue weighted by atomic mass is 35.5. The molecule has 0 radical (unpaired) electrons. The first kappa shape index (κ1) is 13.7. The van der Waals surface area contributed by atoms with E-state index < -0.39 is 17.6 Å². The van der Waals surface area contributed by atoms with E-state index in [-0.39, 0.29) is 15.8 Å². The number of fused-ring (bicyclic) bond motifs is 1. The highest BCUT2D eigenvalue weighted by Gasteiger charge is 2.17. The molecule has 0 amide bonds. The molecule has 1 N–H and O–H groups in total. The van der Waals surface area contributed by atoms with E-state index in [9.17, 15) is 9.18 Å². The lowest BCUT2D eigenvalue weighted by molar-refractivity contribution is 0.0684. The fraction of sp³-hybridized carbons (Fsp3) is 0. The molecule has 2 aromatic heterocycles. The molecule has 0 fully saturated rings. The largest absolute Gasteiger partial charge is 0.475 e. The third kappa shape index (κ3) is 2.30. The van der Waals surface area contributed by atoms with Crippen molar-refractivity contribution in [2.24, 2.45) is 0 Å². The minimum absolute atomic E-state index is 0.0660. The second-order valence-corrected chi connectivity index (χ2v) is 4.84. The molecule has 21 heavy (non-hydrogen) atoms. The Kier molecular flexibility index (Phi) is 3.23. The van der Waals surface area contributed by atoms with Gasteiger partial charge in [-0.3, -0.25) is 0 Å². The molecule has 0 atom stereocenters.